The summed E-state index contributed by atoms with van der Waals surface area (Å²) in [5, 5.41) is 20.1. The summed E-state index contributed by atoms with van der Waals surface area (Å²) in [4.78, 5) is 0. The van der Waals surface area contributed by atoms with Gasteiger partial charge in [-0.15, -0.1) is 0 Å². The molecule has 0 atom stereocenters. The molecule has 0 unspecified atom stereocenters. The average molecular weight is 241 g/mol. The summed E-state index contributed by atoms with van der Waals surface area (Å²) >= 11 is 1.16. The van der Waals surface area contributed by atoms with Crippen LogP contribution >= 0.6 is 11.7 Å². The van der Waals surface area contributed by atoms with Gasteiger partial charge in [0.05, 0.1) is 11.7 Å². The molecular weight excluding hydrogens is 234 g/mol. The van der Waals surface area contributed by atoms with Crippen molar-refractivity contribution >= 4 is 28.4 Å². The van der Waals surface area contributed by atoms with E-state index in [0.717, 1.165) is 34.0 Å². The number of allylic oxidation sites excluding steroid dienone is 1. The van der Waals surface area contributed by atoms with Crippen LogP contribution in [0.1, 0.15) is 5.56 Å². The molecule has 0 saturated carbocycles. The maximum absolute atomic E-state index is 8.61. The second-order valence-electron chi connectivity index (χ2n) is 3.35. The predicted molar refractivity (Wildman–Crippen MR) is 65.1 cm³/mol. The number of aryl methyl sites for hydroxylation is 1. The highest BCUT2D eigenvalue weighted by Crippen LogP contribution is 2.22. The lowest BCUT2D eigenvalue weighted by Crippen LogP contribution is -1.93. The molecule has 0 aliphatic carbocycles. The molecule has 1 heterocycles. The molecular formula is C11H7N5S. The number of fused-ring (bicyclic) bond motifs is 1. The van der Waals surface area contributed by atoms with Crippen LogP contribution in [0.5, 0.6) is 0 Å². The van der Waals surface area contributed by atoms with Crippen molar-refractivity contribution in [3.05, 3.63) is 29.5 Å². The topological polar surface area (TPSA) is 85.4 Å². The first kappa shape index (κ1) is 11.1. The molecule has 1 aromatic heterocycles. The van der Waals surface area contributed by atoms with E-state index in [2.05, 4.69) is 14.1 Å². The number of rotatable bonds is 2. The highest BCUT2D eigenvalue weighted by Gasteiger charge is 2.03. The van der Waals surface area contributed by atoms with Crippen molar-refractivity contribution in [2.45, 2.75) is 6.92 Å². The summed E-state index contributed by atoms with van der Waals surface area (Å²) < 4.78 is 8.26. The average Bonchev–Trinajstić information content (AvgIpc) is 2.77. The Morgan fingerprint density at radius 3 is 2.59 bits per heavy atom. The number of nitrogens with zero attached hydrogens (tertiary/aromatic N) is 4. The van der Waals surface area contributed by atoms with Crippen molar-refractivity contribution < 1.29 is 0 Å². The molecule has 2 rings (SSSR count). The van der Waals surface area contributed by atoms with E-state index in [1.165, 1.54) is 6.20 Å². The molecule has 1 aromatic carbocycles. The van der Waals surface area contributed by atoms with Crippen LogP contribution in [0.15, 0.2) is 23.9 Å². The van der Waals surface area contributed by atoms with Gasteiger partial charge in [-0.2, -0.15) is 19.3 Å². The van der Waals surface area contributed by atoms with Crippen LogP contribution in [-0.2, 0) is 0 Å². The third-order valence-corrected chi connectivity index (χ3v) is 2.77. The van der Waals surface area contributed by atoms with Crippen molar-refractivity contribution in [2.24, 2.45) is 0 Å². The molecule has 6 heteroatoms. The van der Waals surface area contributed by atoms with Crippen LogP contribution in [0.3, 0.4) is 0 Å². The standard InChI is InChI=1S/C11H7N5S/c1-7-2-10-11(16-17-15-10)3-9(7)14-6-8(4-12)5-13/h2-3,6,14H,1H3. The highest BCUT2D eigenvalue weighted by molar-refractivity contribution is 7.00. The Morgan fingerprint density at radius 1 is 1.29 bits per heavy atom. The van der Waals surface area contributed by atoms with Crippen LogP contribution in [0.25, 0.3) is 11.0 Å². The monoisotopic (exact) mass is 241 g/mol. The summed E-state index contributed by atoms with van der Waals surface area (Å²) in [6.45, 7) is 1.92. The minimum Gasteiger partial charge on any atom is -0.360 e. The molecule has 0 aliphatic heterocycles. The van der Waals surface area contributed by atoms with Gasteiger partial charge in [-0.05, 0) is 24.6 Å². The molecule has 0 fully saturated rings. The fraction of sp³-hybridized carbons (Fsp3) is 0.0909. The first-order valence-electron chi connectivity index (χ1n) is 4.74. The van der Waals surface area contributed by atoms with Gasteiger partial charge in [-0.25, -0.2) is 0 Å². The Morgan fingerprint density at radius 2 is 1.94 bits per heavy atom. The van der Waals surface area contributed by atoms with Gasteiger partial charge in [0.2, 0.25) is 0 Å². The van der Waals surface area contributed by atoms with Crippen molar-refractivity contribution in [2.75, 3.05) is 5.32 Å². The molecule has 17 heavy (non-hydrogen) atoms. The summed E-state index contributed by atoms with van der Waals surface area (Å²) in [6, 6.07) is 7.32. The van der Waals surface area contributed by atoms with E-state index in [9.17, 15) is 0 Å². The normalized spacial score (nSPS) is 9.35. The summed E-state index contributed by atoms with van der Waals surface area (Å²) in [5.41, 5.74) is 3.47. The van der Waals surface area contributed by atoms with Crippen LogP contribution in [0.2, 0.25) is 0 Å². The van der Waals surface area contributed by atoms with Crippen LogP contribution < -0.4 is 5.32 Å². The summed E-state index contributed by atoms with van der Waals surface area (Å²) in [5.74, 6) is 0. The number of aromatic nitrogens is 2. The molecule has 0 radical (unpaired) electrons. The van der Waals surface area contributed by atoms with Crippen molar-refractivity contribution in [3.63, 3.8) is 0 Å². The summed E-state index contributed by atoms with van der Waals surface area (Å²) in [6.07, 6.45) is 1.38. The van der Waals surface area contributed by atoms with Gasteiger partial charge in [-0.3, -0.25) is 0 Å². The van der Waals surface area contributed by atoms with Gasteiger partial charge in [0.1, 0.15) is 28.7 Å². The highest BCUT2D eigenvalue weighted by atomic mass is 32.1. The van der Waals surface area contributed by atoms with Crippen molar-refractivity contribution in [1.29, 1.82) is 10.5 Å². The van der Waals surface area contributed by atoms with Gasteiger partial charge < -0.3 is 5.32 Å². The molecule has 0 bridgehead atoms. The Balaban J connectivity index is 2.37. The van der Waals surface area contributed by atoms with Gasteiger partial charge in [0.15, 0.2) is 0 Å². The second-order valence-corrected chi connectivity index (χ2v) is 3.87. The molecule has 82 valence electrons. The number of hydrogen-bond acceptors (Lipinski definition) is 6. The van der Waals surface area contributed by atoms with Crippen molar-refractivity contribution in [1.82, 2.24) is 8.75 Å². The quantitative estimate of drug-likeness (QED) is 0.815. The SMILES string of the molecule is Cc1cc2nsnc2cc1NC=C(C#N)C#N. The Bertz CT molecular complexity index is 655. The maximum atomic E-state index is 8.61. The Labute approximate surface area is 102 Å². The largest absolute Gasteiger partial charge is 0.360 e. The van der Waals surface area contributed by atoms with E-state index < -0.39 is 0 Å². The van der Waals surface area contributed by atoms with E-state index in [0.29, 0.717) is 0 Å². The van der Waals surface area contributed by atoms with Crippen LogP contribution in [-0.4, -0.2) is 8.75 Å². The predicted octanol–water partition coefficient (Wildman–Crippen LogP) is 2.34. The Hall–Kier alpha value is -2.44. The zero-order valence-corrected chi connectivity index (χ0v) is 9.75. The minimum atomic E-state index is 0.0286. The third kappa shape index (κ3) is 2.22. The zero-order valence-electron chi connectivity index (χ0n) is 8.93. The van der Waals surface area contributed by atoms with E-state index >= 15 is 0 Å². The number of benzene rings is 1. The molecule has 2 aromatic rings. The Kier molecular flexibility index (Phi) is 2.99. The zero-order chi connectivity index (χ0) is 12.3. The first-order valence-corrected chi connectivity index (χ1v) is 5.47. The number of nitrogens with one attached hydrogen (secondary N) is 1. The molecule has 0 aliphatic rings. The number of hydrogen-bond donors (Lipinski definition) is 1. The lowest BCUT2D eigenvalue weighted by molar-refractivity contribution is 1.42. The van der Waals surface area contributed by atoms with E-state index in [1.807, 2.05) is 19.1 Å². The number of nitriles is 2. The van der Waals surface area contributed by atoms with Gasteiger partial charge in [0, 0.05) is 11.9 Å². The minimum absolute atomic E-state index is 0.0286. The van der Waals surface area contributed by atoms with Gasteiger partial charge in [0.25, 0.3) is 0 Å². The molecule has 1 N–H and O–H groups in total. The van der Waals surface area contributed by atoms with Gasteiger partial charge in [-0.1, -0.05) is 0 Å². The first-order chi connectivity index (χ1) is 8.24. The maximum Gasteiger partial charge on any atom is 0.145 e. The molecule has 0 amide bonds. The smallest absolute Gasteiger partial charge is 0.145 e. The van der Waals surface area contributed by atoms with E-state index in [1.54, 1.807) is 12.1 Å². The lowest BCUT2D eigenvalue weighted by Gasteiger charge is -2.04. The van der Waals surface area contributed by atoms with Crippen molar-refractivity contribution in [3.8, 4) is 12.1 Å². The van der Waals surface area contributed by atoms with Gasteiger partial charge >= 0.3 is 0 Å². The third-order valence-electron chi connectivity index (χ3n) is 2.21. The van der Waals surface area contributed by atoms with E-state index in [-0.39, 0.29) is 5.57 Å². The fourth-order valence-electron chi connectivity index (χ4n) is 1.33. The lowest BCUT2D eigenvalue weighted by atomic mass is 10.1. The molecule has 0 saturated heterocycles. The van der Waals surface area contributed by atoms with Crippen LogP contribution in [0.4, 0.5) is 5.69 Å². The number of anilines is 1. The van der Waals surface area contributed by atoms with Crippen LogP contribution in [0, 0.1) is 29.6 Å². The molecule has 0 spiro atoms. The second kappa shape index (κ2) is 4.60. The molecule has 5 nitrogen and oxygen atoms in total. The van der Waals surface area contributed by atoms with E-state index in [4.69, 9.17) is 10.5 Å². The fourth-order valence-corrected chi connectivity index (χ4v) is 1.84. The summed E-state index contributed by atoms with van der Waals surface area (Å²) in [7, 11) is 0.